The lowest BCUT2D eigenvalue weighted by Gasteiger charge is -2.13. The van der Waals surface area contributed by atoms with Crippen LogP contribution >= 0.6 is 11.6 Å². The number of anilines is 1. The summed E-state index contributed by atoms with van der Waals surface area (Å²) in [6.45, 7) is 1.73. The van der Waals surface area contributed by atoms with Gasteiger partial charge in [-0.15, -0.1) is 0 Å². The standard InChI is InChI=1S/C28H23ClFN3O3/c1-18(27(34)32-25-9-5-4-8-24(25)30)28(35)33-31-16-23-22-7-3-2-6-20(22)12-15-26(23)36-17-19-10-13-21(29)14-11-19/h2-16,18H,17H2,1H3,(H,32,34)(H,33,35). The van der Waals surface area contributed by atoms with E-state index in [2.05, 4.69) is 15.8 Å². The zero-order valence-electron chi connectivity index (χ0n) is 19.4. The maximum atomic E-state index is 13.8. The molecule has 0 aliphatic heterocycles. The Labute approximate surface area is 212 Å². The Morgan fingerprint density at radius 1 is 0.972 bits per heavy atom. The zero-order chi connectivity index (χ0) is 25.5. The molecule has 4 aromatic carbocycles. The highest BCUT2D eigenvalue weighted by molar-refractivity contribution is 6.30. The normalized spacial score (nSPS) is 11.9. The van der Waals surface area contributed by atoms with Crippen LogP contribution in [0.3, 0.4) is 0 Å². The number of ether oxygens (including phenoxy) is 1. The molecule has 4 aromatic rings. The highest BCUT2D eigenvalue weighted by Gasteiger charge is 2.22. The number of fused-ring (bicyclic) bond motifs is 1. The first kappa shape index (κ1) is 24.9. The van der Waals surface area contributed by atoms with E-state index in [1.165, 1.54) is 31.3 Å². The number of benzene rings is 4. The smallest absolute Gasteiger partial charge is 0.252 e. The molecule has 182 valence electrons. The Hall–Kier alpha value is -4.23. The second kappa shape index (κ2) is 11.5. The Bertz CT molecular complexity index is 1420. The van der Waals surface area contributed by atoms with E-state index >= 15 is 0 Å². The van der Waals surface area contributed by atoms with Crippen LogP contribution in [0, 0.1) is 11.7 Å². The van der Waals surface area contributed by atoms with Crippen LogP contribution in [0.25, 0.3) is 10.8 Å². The summed E-state index contributed by atoms with van der Waals surface area (Å²) >= 11 is 5.96. The van der Waals surface area contributed by atoms with E-state index in [1.807, 2.05) is 48.5 Å². The van der Waals surface area contributed by atoms with Gasteiger partial charge in [0.15, 0.2) is 0 Å². The predicted octanol–water partition coefficient (Wildman–Crippen LogP) is 5.94. The fourth-order valence-electron chi connectivity index (χ4n) is 3.46. The maximum Gasteiger partial charge on any atom is 0.252 e. The van der Waals surface area contributed by atoms with Crippen LogP contribution in [-0.2, 0) is 16.2 Å². The van der Waals surface area contributed by atoms with Crippen LogP contribution in [0.1, 0.15) is 18.1 Å². The fraction of sp³-hybridized carbons (Fsp3) is 0.107. The minimum Gasteiger partial charge on any atom is -0.488 e. The maximum absolute atomic E-state index is 13.8. The number of halogens is 2. The summed E-state index contributed by atoms with van der Waals surface area (Å²) in [4.78, 5) is 24.9. The predicted molar refractivity (Wildman–Crippen MR) is 140 cm³/mol. The van der Waals surface area contributed by atoms with Crippen LogP contribution in [0.4, 0.5) is 10.1 Å². The average Bonchev–Trinajstić information content (AvgIpc) is 2.89. The van der Waals surface area contributed by atoms with Crippen molar-refractivity contribution < 1.29 is 18.7 Å². The molecule has 36 heavy (non-hydrogen) atoms. The van der Waals surface area contributed by atoms with Crippen molar-refractivity contribution >= 4 is 46.1 Å². The second-order valence-corrected chi connectivity index (χ2v) is 8.48. The molecular weight excluding hydrogens is 481 g/mol. The molecule has 0 fully saturated rings. The zero-order valence-corrected chi connectivity index (χ0v) is 20.1. The van der Waals surface area contributed by atoms with E-state index in [4.69, 9.17) is 16.3 Å². The van der Waals surface area contributed by atoms with Crippen molar-refractivity contribution in [2.75, 3.05) is 5.32 Å². The summed E-state index contributed by atoms with van der Waals surface area (Å²) in [5, 5.41) is 8.98. The number of amides is 2. The van der Waals surface area contributed by atoms with E-state index in [0.717, 1.165) is 16.3 Å². The monoisotopic (exact) mass is 503 g/mol. The summed E-state index contributed by atoms with van der Waals surface area (Å²) < 4.78 is 19.8. The van der Waals surface area contributed by atoms with Crippen molar-refractivity contribution in [1.29, 1.82) is 0 Å². The first-order valence-corrected chi connectivity index (χ1v) is 11.6. The van der Waals surface area contributed by atoms with Gasteiger partial charge < -0.3 is 10.1 Å². The number of hydrogen-bond acceptors (Lipinski definition) is 4. The first-order chi connectivity index (χ1) is 17.4. The van der Waals surface area contributed by atoms with Gasteiger partial charge in [0.25, 0.3) is 5.91 Å². The summed E-state index contributed by atoms with van der Waals surface area (Å²) in [5.74, 6) is -2.39. The Kier molecular flexibility index (Phi) is 7.92. The van der Waals surface area contributed by atoms with Crippen LogP contribution in [-0.4, -0.2) is 18.0 Å². The molecule has 2 N–H and O–H groups in total. The van der Waals surface area contributed by atoms with Gasteiger partial charge in [-0.3, -0.25) is 9.59 Å². The number of nitrogens with one attached hydrogen (secondary N) is 2. The third-order valence-corrected chi connectivity index (χ3v) is 5.78. The quantitative estimate of drug-likeness (QED) is 0.177. The molecule has 2 amide bonds. The molecule has 6 nitrogen and oxygen atoms in total. The van der Waals surface area contributed by atoms with Crippen LogP contribution in [0.5, 0.6) is 5.75 Å². The van der Waals surface area contributed by atoms with E-state index < -0.39 is 23.5 Å². The number of hydrazone groups is 1. The number of carbonyl (C=O) groups excluding carboxylic acids is 2. The fourth-order valence-corrected chi connectivity index (χ4v) is 3.58. The minimum absolute atomic E-state index is 0.00360. The van der Waals surface area contributed by atoms with Crippen molar-refractivity contribution in [2.24, 2.45) is 11.0 Å². The molecule has 0 aliphatic rings. The third kappa shape index (κ3) is 6.06. The highest BCUT2D eigenvalue weighted by atomic mass is 35.5. The lowest BCUT2D eigenvalue weighted by molar-refractivity contribution is -0.131. The van der Waals surface area contributed by atoms with Crippen LogP contribution in [0.15, 0.2) is 90.0 Å². The molecule has 8 heteroatoms. The highest BCUT2D eigenvalue weighted by Crippen LogP contribution is 2.27. The molecule has 0 saturated heterocycles. The van der Waals surface area contributed by atoms with Crippen molar-refractivity contribution in [3.05, 3.63) is 107 Å². The molecule has 1 atom stereocenters. The summed E-state index contributed by atoms with van der Waals surface area (Å²) in [5.41, 5.74) is 4.01. The van der Waals surface area contributed by atoms with Gasteiger partial charge in [-0.05, 0) is 53.6 Å². The molecule has 0 aromatic heterocycles. The van der Waals surface area contributed by atoms with Gasteiger partial charge >= 0.3 is 0 Å². The van der Waals surface area contributed by atoms with Crippen LogP contribution < -0.4 is 15.5 Å². The number of para-hydroxylation sites is 1. The number of carbonyl (C=O) groups is 2. The number of rotatable bonds is 8. The molecule has 0 aliphatic carbocycles. The molecular formula is C28H23ClFN3O3. The number of nitrogens with zero attached hydrogens (tertiary/aromatic N) is 1. The Morgan fingerprint density at radius 3 is 2.47 bits per heavy atom. The van der Waals surface area contributed by atoms with Gasteiger partial charge in [0.2, 0.25) is 5.91 Å². The van der Waals surface area contributed by atoms with Gasteiger partial charge in [0, 0.05) is 10.6 Å². The van der Waals surface area contributed by atoms with Crippen molar-refractivity contribution in [3.63, 3.8) is 0 Å². The van der Waals surface area contributed by atoms with E-state index in [-0.39, 0.29) is 5.69 Å². The largest absolute Gasteiger partial charge is 0.488 e. The van der Waals surface area contributed by atoms with Gasteiger partial charge in [-0.1, -0.05) is 66.2 Å². The summed E-state index contributed by atoms with van der Waals surface area (Å²) in [6.07, 6.45) is 1.49. The van der Waals surface area contributed by atoms with Crippen molar-refractivity contribution in [2.45, 2.75) is 13.5 Å². The average molecular weight is 504 g/mol. The first-order valence-electron chi connectivity index (χ1n) is 11.2. The summed E-state index contributed by atoms with van der Waals surface area (Å²) in [7, 11) is 0. The lowest BCUT2D eigenvalue weighted by atomic mass is 10.0. The molecule has 1 unspecified atom stereocenters. The van der Waals surface area contributed by atoms with Crippen molar-refractivity contribution in [1.82, 2.24) is 5.43 Å². The van der Waals surface area contributed by atoms with E-state index in [0.29, 0.717) is 22.9 Å². The molecule has 0 radical (unpaired) electrons. The van der Waals surface area contributed by atoms with Gasteiger partial charge in [0.1, 0.15) is 24.1 Å². The molecule has 4 rings (SSSR count). The van der Waals surface area contributed by atoms with Gasteiger partial charge in [-0.25, -0.2) is 9.82 Å². The van der Waals surface area contributed by atoms with Crippen LogP contribution in [0.2, 0.25) is 5.02 Å². The minimum atomic E-state index is -1.10. The second-order valence-electron chi connectivity index (χ2n) is 8.04. The molecule has 0 spiro atoms. The molecule has 0 saturated carbocycles. The van der Waals surface area contributed by atoms with Gasteiger partial charge in [-0.2, -0.15) is 5.10 Å². The topological polar surface area (TPSA) is 79.8 Å². The Morgan fingerprint density at radius 2 is 1.69 bits per heavy atom. The molecule has 0 bridgehead atoms. The summed E-state index contributed by atoms with van der Waals surface area (Å²) in [6, 6.07) is 24.6. The van der Waals surface area contributed by atoms with E-state index in [1.54, 1.807) is 18.2 Å². The van der Waals surface area contributed by atoms with Gasteiger partial charge in [0.05, 0.1) is 11.9 Å². The SMILES string of the molecule is CC(C(=O)NN=Cc1c(OCc2ccc(Cl)cc2)ccc2ccccc12)C(=O)Nc1ccccc1F. The molecule has 0 heterocycles. The number of hydrogen-bond donors (Lipinski definition) is 2. The van der Waals surface area contributed by atoms with E-state index in [9.17, 15) is 14.0 Å². The van der Waals surface area contributed by atoms with Crippen molar-refractivity contribution in [3.8, 4) is 5.75 Å². The third-order valence-electron chi connectivity index (χ3n) is 5.52. The lowest BCUT2D eigenvalue weighted by Crippen LogP contribution is -2.34. The Balaban J connectivity index is 1.48.